The maximum absolute atomic E-state index is 13.0. The van der Waals surface area contributed by atoms with E-state index in [1.54, 1.807) is 36.1 Å². The Bertz CT molecular complexity index is 994. The Morgan fingerprint density at radius 1 is 1.07 bits per heavy atom. The largest absolute Gasteiger partial charge is 0.467 e. The Labute approximate surface area is 176 Å². The van der Waals surface area contributed by atoms with Crippen LogP contribution in [0.1, 0.15) is 29.7 Å². The van der Waals surface area contributed by atoms with Crippen molar-refractivity contribution in [2.24, 2.45) is 0 Å². The molecule has 1 aromatic carbocycles. The minimum atomic E-state index is -3.60. The summed E-state index contributed by atoms with van der Waals surface area (Å²) in [5.41, 5.74) is 1.60. The number of amides is 2. The van der Waals surface area contributed by atoms with Crippen LogP contribution in [-0.4, -0.2) is 55.6 Å². The number of nitrogens with one attached hydrogen (secondary N) is 1. The molecule has 0 saturated carbocycles. The molecule has 2 aromatic rings. The molecule has 1 aromatic heterocycles. The topological polar surface area (TPSA) is 99.9 Å². The number of hydrogen-bond acceptors (Lipinski definition) is 5. The van der Waals surface area contributed by atoms with Crippen LogP contribution < -0.4 is 5.32 Å². The second-order valence-corrected chi connectivity index (χ2v) is 9.32. The Balaban J connectivity index is 1.48. The van der Waals surface area contributed by atoms with E-state index in [1.807, 2.05) is 13.0 Å². The second kappa shape index (κ2) is 9.44. The third kappa shape index (κ3) is 5.28. The fourth-order valence-electron chi connectivity index (χ4n) is 3.37. The lowest BCUT2D eigenvalue weighted by atomic mass is 10.2. The molecule has 2 heterocycles. The lowest BCUT2D eigenvalue weighted by Gasteiger charge is -2.34. The molecular formula is C21H27N3O5S. The molecule has 30 heavy (non-hydrogen) atoms. The van der Waals surface area contributed by atoms with Crippen LogP contribution in [-0.2, 0) is 26.2 Å². The summed E-state index contributed by atoms with van der Waals surface area (Å²) in [6, 6.07) is 8.88. The van der Waals surface area contributed by atoms with E-state index in [0.29, 0.717) is 29.3 Å². The highest BCUT2D eigenvalue weighted by Crippen LogP contribution is 2.22. The summed E-state index contributed by atoms with van der Waals surface area (Å²) in [5, 5.41) is 2.71. The number of rotatable bonds is 7. The van der Waals surface area contributed by atoms with Gasteiger partial charge in [-0.3, -0.25) is 9.59 Å². The number of nitrogens with zero attached hydrogens (tertiary/aromatic N) is 2. The van der Waals surface area contributed by atoms with Crippen molar-refractivity contribution in [3.63, 3.8) is 0 Å². The van der Waals surface area contributed by atoms with Crippen molar-refractivity contribution in [3.05, 3.63) is 53.5 Å². The molecule has 0 spiro atoms. The molecule has 8 nitrogen and oxygen atoms in total. The monoisotopic (exact) mass is 433 g/mol. The van der Waals surface area contributed by atoms with Crippen LogP contribution >= 0.6 is 0 Å². The highest BCUT2D eigenvalue weighted by Gasteiger charge is 2.31. The molecular weight excluding hydrogens is 406 g/mol. The molecule has 0 bridgehead atoms. The SMILES string of the molecule is Cc1ccc(C)c(S(=O)(=O)N2CCN(C(=O)CCC(=O)NCc3ccco3)CC2)c1. The highest BCUT2D eigenvalue weighted by molar-refractivity contribution is 7.89. The number of carbonyl (C=O) groups excluding carboxylic acids is 2. The van der Waals surface area contributed by atoms with Crippen LogP contribution in [0.25, 0.3) is 0 Å². The van der Waals surface area contributed by atoms with Gasteiger partial charge in [-0.2, -0.15) is 4.31 Å². The molecule has 0 radical (unpaired) electrons. The Hall–Kier alpha value is -2.65. The molecule has 0 unspecified atom stereocenters. The van der Waals surface area contributed by atoms with Gasteiger partial charge in [-0.05, 0) is 43.2 Å². The molecule has 0 atom stereocenters. The maximum Gasteiger partial charge on any atom is 0.243 e. The number of aryl methyl sites for hydroxylation is 2. The molecule has 2 amide bonds. The molecule has 1 fully saturated rings. The Morgan fingerprint density at radius 2 is 1.80 bits per heavy atom. The van der Waals surface area contributed by atoms with Gasteiger partial charge in [0.15, 0.2) is 0 Å². The van der Waals surface area contributed by atoms with Gasteiger partial charge in [0.25, 0.3) is 0 Å². The minimum Gasteiger partial charge on any atom is -0.467 e. The summed E-state index contributed by atoms with van der Waals surface area (Å²) >= 11 is 0. The number of sulfonamides is 1. The molecule has 3 rings (SSSR count). The van der Waals surface area contributed by atoms with Crippen molar-refractivity contribution >= 4 is 21.8 Å². The van der Waals surface area contributed by atoms with Crippen molar-refractivity contribution in [1.82, 2.24) is 14.5 Å². The Morgan fingerprint density at radius 3 is 2.47 bits per heavy atom. The third-order valence-electron chi connectivity index (χ3n) is 5.16. The lowest BCUT2D eigenvalue weighted by molar-refractivity contribution is -0.134. The van der Waals surface area contributed by atoms with Crippen LogP contribution in [0.15, 0.2) is 45.9 Å². The summed E-state index contributed by atoms with van der Waals surface area (Å²) < 4.78 is 32.5. The number of furan rings is 1. The Kier molecular flexibility index (Phi) is 6.94. The zero-order valence-corrected chi connectivity index (χ0v) is 18.1. The predicted octanol–water partition coefficient (Wildman–Crippen LogP) is 1.83. The second-order valence-electron chi connectivity index (χ2n) is 7.41. The van der Waals surface area contributed by atoms with E-state index in [2.05, 4.69) is 5.32 Å². The van der Waals surface area contributed by atoms with Gasteiger partial charge in [0.2, 0.25) is 21.8 Å². The number of piperazine rings is 1. The zero-order chi connectivity index (χ0) is 21.7. The summed E-state index contributed by atoms with van der Waals surface area (Å²) in [6.45, 7) is 5.05. The van der Waals surface area contributed by atoms with Gasteiger partial charge in [0.05, 0.1) is 17.7 Å². The van der Waals surface area contributed by atoms with E-state index in [1.165, 1.54) is 10.6 Å². The lowest BCUT2D eigenvalue weighted by Crippen LogP contribution is -2.50. The normalized spacial score (nSPS) is 15.2. The first-order valence-corrected chi connectivity index (χ1v) is 11.4. The zero-order valence-electron chi connectivity index (χ0n) is 17.3. The third-order valence-corrected chi connectivity index (χ3v) is 7.20. The average Bonchev–Trinajstić information content (AvgIpc) is 3.26. The standard InChI is InChI=1S/C21H27N3O5S/c1-16-5-6-17(2)19(14-16)30(27,28)24-11-9-23(10-12-24)21(26)8-7-20(25)22-15-18-4-3-13-29-18/h3-6,13-14H,7-12,15H2,1-2H3,(H,22,25). The molecule has 9 heteroatoms. The van der Waals surface area contributed by atoms with Crippen molar-refractivity contribution in [2.45, 2.75) is 38.1 Å². The number of hydrogen-bond donors (Lipinski definition) is 1. The van der Waals surface area contributed by atoms with Crippen LogP contribution in [0.4, 0.5) is 0 Å². The van der Waals surface area contributed by atoms with Crippen LogP contribution in [0.3, 0.4) is 0 Å². The molecule has 1 aliphatic heterocycles. The fourth-order valence-corrected chi connectivity index (χ4v) is 5.10. The smallest absolute Gasteiger partial charge is 0.243 e. The van der Waals surface area contributed by atoms with E-state index >= 15 is 0 Å². The first-order chi connectivity index (χ1) is 14.3. The first-order valence-electron chi connectivity index (χ1n) is 9.91. The van der Waals surface area contributed by atoms with E-state index in [9.17, 15) is 18.0 Å². The van der Waals surface area contributed by atoms with Crippen molar-refractivity contribution < 1.29 is 22.4 Å². The molecule has 1 aliphatic rings. The molecule has 0 aliphatic carbocycles. The first kappa shape index (κ1) is 22.0. The molecule has 1 saturated heterocycles. The van der Waals surface area contributed by atoms with E-state index in [0.717, 1.165) is 5.56 Å². The van der Waals surface area contributed by atoms with Gasteiger partial charge in [-0.25, -0.2) is 8.42 Å². The summed E-state index contributed by atoms with van der Waals surface area (Å²) in [6.07, 6.45) is 1.71. The number of benzene rings is 1. The van der Waals surface area contributed by atoms with E-state index in [-0.39, 0.29) is 44.3 Å². The van der Waals surface area contributed by atoms with Gasteiger partial charge in [-0.15, -0.1) is 0 Å². The molecule has 1 N–H and O–H groups in total. The van der Waals surface area contributed by atoms with Gasteiger partial charge < -0.3 is 14.6 Å². The van der Waals surface area contributed by atoms with Gasteiger partial charge in [0.1, 0.15) is 5.76 Å². The van der Waals surface area contributed by atoms with Crippen LogP contribution in [0.5, 0.6) is 0 Å². The van der Waals surface area contributed by atoms with Crippen molar-refractivity contribution in [3.8, 4) is 0 Å². The van der Waals surface area contributed by atoms with Crippen LogP contribution in [0, 0.1) is 13.8 Å². The van der Waals surface area contributed by atoms with Crippen LogP contribution in [0.2, 0.25) is 0 Å². The van der Waals surface area contributed by atoms with Gasteiger partial charge in [-0.1, -0.05) is 12.1 Å². The van der Waals surface area contributed by atoms with Crippen molar-refractivity contribution in [2.75, 3.05) is 26.2 Å². The molecule has 162 valence electrons. The predicted molar refractivity (Wildman–Crippen MR) is 111 cm³/mol. The average molecular weight is 434 g/mol. The minimum absolute atomic E-state index is 0.0839. The highest BCUT2D eigenvalue weighted by atomic mass is 32.2. The number of carbonyl (C=O) groups is 2. The maximum atomic E-state index is 13.0. The van der Waals surface area contributed by atoms with Gasteiger partial charge >= 0.3 is 0 Å². The fraction of sp³-hybridized carbons (Fsp3) is 0.429. The summed E-state index contributed by atoms with van der Waals surface area (Å²) in [4.78, 5) is 26.3. The van der Waals surface area contributed by atoms with E-state index in [4.69, 9.17) is 4.42 Å². The summed E-state index contributed by atoms with van der Waals surface area (Å²) in [7, 11) is -3.60. The summed E-state index contributed by atoms with van der Waals surface area (Å²) in [5.74, 6) is 0.277. The van der Waals surface area contributed by atoms with Crippen molar-refractivity contribution in [1.29, 1.82) is 0 Å². The van der Waals surface area contributed by atoms with E-state index < -0.39 is 10.0 Å². The van der Waals surface area contributed by atoms with Gasteiger partial charge in [0, 0.05) is 39.0 Å². The quantitative estimate of drug-likeness (QED) is 0.718.